The molecule has 1 aliphatic rings. The van der Waals surface area contributed by atoms with E-state index in [9.17, 15) is 9.59 Å². The Hall–Kier alpha value is -1.44. The lowest BCUT2D eigenvalue weighted by molar-refractivity contribution is -0.128. The second-order valence-electron chi connectivity index (χ2n) is 5.51. The summed E-state index contributed by atoms with van der Waals surface area (Å²) in [5, 5.41) is 7.75. The van der Waals surface area contributed by atoms with Crippen LogP contribution in [-0.2, 0) is 16.1 Å². The number of piperidine rings is 1. The Kier molecular flexibility index (Phi) is 6.82. The molecule has 2 heterocycles. The predicted octanol–water partition coefficient (Wildman–Crippen LogP) is 0.151. The number of likely N-dealkylation sites (tertiary alicyclic amines) is 1. The zero-order valence-corrected chi connectivity index (χ0v) is 13.5. The molecule has 4 N–H and O–H groups in total. The van der Waals surface area contributed by atoms with E-state index in [-0.39, 0.29) is 17.7 Å². The highest BCUT2D eigenvalue weighted by Gasteiger charge is 2.26. The number of hydrogen-bond acceptors (Lipinski definition) is 5. The largest absolute Gasteiger partial charge is 0.355 e. The maximum Gasteiger partial charge on any atom is 0.234 e. The first-order chi connectivity index (χ1) is 10.7. The molecular weight excluding hydrogens is 300 g/mol. The number of amides is 2. The molecule has 122 valence electrons. The van der Waals surface area contributed by atoms with Crippen molar-refractivity contribution in [2.75, 3.05) is 32.7 Å². The first-order valence-electron chi connectivity index (χ1n) is 7.68. The van der Waals surface area contributed by atoms with Gasteiger partial charge in [-0.3, -0.25) is 14.5 Å². The van der Waals surface area contributed by atoms with Gasteiger partial charge in [-0.15, -0.1) is 11.3 Å². The number of hydrogen-bond donors (Lipinski definition) is 3. The maximum atomic E-state index is 12.0. The Morgan fingerprint density at radius 2 is 2.27 bits per heavy atom. The molecule has 7 heteroatoms. The summed E-state index contributed by atoms with van der Waals surface area (Å²) in [7, 11) is 0. The van der Waals surface area contributed by atoms with E-state index in [1.54, 1.807) is 11.3 Å². The molecule has 0 spiro atoms. The van der Waals surface area contributed by atoms with Crippen LogP contribution in [0.3, 0.4) is 0 Å². The van der Waals surface area contributed by atoms with Crippen molar-refractivity contribution >= 4 is 23.2 Å². The van der Waals surface area contributed by atoms with Crippen LogP contribution >= 0.6 is 11.3 Å². The van der Waals surface area contributed by atoms with Crippen molar-refractivity contribution < 1.29 is 9.59 Å². The average Bonchev–Trinajstić information content (AvgIpc) is 3.04. The second-order valence-corrected chi connectivity index (χ2v) is 6.54. The molecule has 1 aliphatic heterocycles. The van der Waals surface area contributed by atoms with Crippen molar-refractivity contribution in [1.82, 2.24) is 15.5 Å². The van der Waals surface area contributed by atoms with Crippen LogP contribution in [0.2, 0.25) is 0 Å². The molecule has 6 nitrogen and oxygen atoms in total. The summed E-state index contributed by atoms with van der Waals surface area (Å²) < 4.78 is 0. The van der Waals surface area contributed by atoms with Crippen LogP contribution in [0.4, 0.5) is 0 Å². The Labute approximate surface area is 135 Å². The molecule has 2 rings (SSSR count). The van der Waals surface area contributed by atoms with E-state index in [0.717, 1.165) is 24.3 Å². The number of nitrogens with zero attached hydrogens (tertiary/aromatic N) is 1. The van der Waals surface area contributed by atoms with Gasteiger partial charge in [-0.05, 0) is 30.8 Å². The maximum absolute atomic E-state index is 12.0. The summed E-state index contributed by atoms with van der Waals surface area (Å²) in [6.45, 7) is 3.40. The van der Waals surface area contributed by atoms with Crippen molar-refractivity contribution in [3.8, 4) is 0 Å². The number of rotatable bonds is 7. The predicted molar refractivity (Wildman–Crippen MR) is 87.4 cm³/mol. The van der Waals surface area contributed by atoms with Crippen molar-refractivity contribution in [2.45, 2.75) is 19.4 Å². The standard InChI is InChI=1S/C15H24N4O2S/c16-5-6-17-15(21)12-3-1-7-19(10-12)11-14(20)18-9-13-4-2-8-22-13/h2,4,8,12H,1,3,5-7,9-11,16H2,(H,17,21)(H,18,20). The van der Waals surface area contributed by atoms with Crippen LogP contribution in [0.25, 0.3) is 0 Å². The summed E-state index contributed by atoms with van der Waals surface area (Å²) in [5.74, 6) is 0.0240. The van der Waals surface area contributed by atoms with Crippen molar-refractivity contribution in [3.63, 3.8) is 0 Å². The third-order valence-corrected chi connectivity index (χ3v) is 4.60. The quantitative estimate of drug-likeness (QED) is 0.666. The molecule has 22 heavy (non-hydrogen) atoms. The fourth-order valence-electron chi connectivity index (χ4n) is 2.61. The molecule has 1 atom stereocenters. The lowest BCUT2D eigenvalue weighted by Gasteiger charge is -2.31. The third kappa shape index (κ3) is 5.40. The summed E-state index contributed by atoms with van der Waals surface area (Å²) in [5.41, 5.74) is 5.40. The number of thiophene rings is 1. The number of nitrogens with two attached hydrogens (primary N) is 1. The molecular formula is C15H24N4O2S. The van der Waals surface area contributed by atoms with Gasteiger partial charge in [0.15, 0.2) is 0 Å². The third-order valence-electron chi connectivity index (χ3n) is 3.73. The van der Waals surface area contributed by atoms with Gasteiger partial charge in [0, 0.05) is 24.5 Å². The van der Waals surface area contributed by atoms with Gasteiger partial charge in [-0.25, -0.2) is 0 Å². The molecule has 1 aromatic rings. The topological polar surface area (TPSA) is 87.5 Å². The van der Waals surface area contributed by atoms with E-state index < -0.39 is 0 Å². The fraction of sp³-hybridized carbons (Fsp3) is 0.600. The van der Waals surface area contributed by atoms with Crippen LogP contribution in [0, 0.1) is 5.92 Å². The van der Waals surface area contributed by atoms with Gasteiger partial charge < -0.3 is 16.4 Å². The summed E-state index contributed by atoms with van der Waals surface area (Å²) >= 11 is 1.63. The van der Waals surface area contributed by atoms with E-state index in [1.165, 1.54) is 0 Å². The molecule has 1 saturated heterocycles. The molecule has 0 aliphatic carbocycles. The lowest BCUT2D eigenvalue weighted by atomic mass is 9.97. The molecule has 2 amide bonds. The number of nitrogens with one attached hydrogen (secondary N) is 2. The highest BCUT2D eigenvalue weighted by molar-refractivity contribution is 7.09. The summed E-state index contributed by atoms with van der Waals surface area (Å²) in [4.78, 5) is 27.2. The summed E-state index contributed by atoms with van der Waals surface area (Å²) in [6, 6.07) is 3.98. The highest BCUT2D eigenvalue weighted by Crippen LogP contribution is 2.16. The van der Waals surface area contributed by atoms with Crippen molar-refractivity contribution in [2.24, 2.45) is 11.7 Å². The smallest absolute Gasteiger partial charge is 0.234 e. The van der Waals surface area contributed by atoms with Crippen LogP contribution in [0.1, 0.15) is 17.7 Å². The average molecular weight is 324 g/mol. The first-order valence-corrected chi connectivity index (χ1v) is 8.56. The van der Waals surface area contributed by atoms with Gasteiger partial charge in [0.2, 0.25) is 11.8 Å². The van der Waals surface area contributed by atoms with Gasteiger partial charge in [-0.1, -0.05) is 6.07 Å². The molecule has 0 radical (unpaired) electrons. The number of carbonyl (C=O) groups excluding carboxylic acids is 2. The SMILES string of the molecule is NCCNC(=O)C1CCCN(CC(=O)NCc2cccs2)C1. The molecule has 1 unspecified atom stereocenters. The van der Waals surface area contributed by atoms with Gasteiger partial charge in [0.1, 0.15) is 0 Å². The molecule has 0 saturated carbocycles. The highest BCUT2D eigenvalue weighted by atomic mass is 32.1. The zero-order valence-electron chi connectivity index (χ0n) is 12.7. The minimum absolute atomic E-state index is 0.0106. The van der Waals surface area contributed by atoms with Crippen LogP contribution < -0.4 is 16.4 Å². The van der Waals surface area contributed by atoms with Gasteiger partial charge in [-0.2, -0.15) is 0 Å². The van der Waals surface area contributed by atoms with Gasteiger partial charge in [0.25, 0.3) is 0 Å². The molecule has 1 fully saturated rings. The number of carbonyl (C=O) groups is 2. The lowest BCUT2D eigenvalue weighted by Crippen LogP contribution is -2.47. The van der Waals surface area contributed by atoms with E-state index in [2.05, 4.69) is 15.5 Å². The monoisotopic (exact) mass is 324 g/mol. The van der Waals surface area contributed by atoms with Crippen molar-refractivity contribution in [3.05, 3.63) is 22.4 Å². The second kappa shape index (κ2) is 8.87. The van der Waals surface area contributed by atoms with E-state index in [1.807, 2.05) is 17.5 Å². The van der Waals surface area contributed by atoms with Crippen LogP contribution in [0.15, 0.2) is 17.5 Å². The molecule has 0 aromatic carbocycles. The zero-order chi connectivity index (χ0) is 15.8. The summed E-state index contributed by atoms with van der Waals surface area (Å²) in [6.07, 6.45) is 1.82. The van der Waals surface area contributed by atoms with Crippen LogP contribution in [0.5, 0.6) is 0 Å². The minimum Gasteiger partial charge on any atom is -0.355 e. The first kappa shape index (κ1) is 16.9. The van der Waals surface area contributed by atoms with Crippen LogP contribution in [-0.4, -0.2) is 49.4 Å². The van der Waals surface area contributed by atoms with E-state index in [0.29, 0.717) is 32.7 Å². The molecule has 1 aromatic heterocycles. The normalized spacial score (nSPS) is 18.9. The van der Waals surface area contributed by atoms with E-state index in [4.69, 9.17) is 5.73 Å². The van der Waals surface area contributed by atoms with Gasteiger partial charge >= 0.3 is 0 Å². The fourth-order valence-corrected chi connectivity index (χ4v) is 3.26. The Morgan fingerprint density at radius 1 is 1.41 bits per heavy atom. The van der Waals surface area contributed by atoms with Crippen molar-refractivity contribution in [1.29, 1.82) is 0 Å². The molecule has 0 bridgehead atoms. The van der Waals surface area contributed by atoms with E-state index >= 15 is 0 Å². The Morgan fingerprint density at radius 3 is 3.00 bits per heavy atom. The Bertz CT molecular complexity index is 478. The Balaban J connectivity index is 1.72. The minimum atomic E-state index is -0.0367. The van der Waals surface area contributed by atoms with Gasteiger partial charge in [0.05, 0.1) is 19.0 Å².